The van der Waals surface area contributed by atoms with Crippen LogP contribution in [0.3, 0.4) is 0 Å². The molecule has 9 heteroatoms. The molecule has 122 valence electrons. The standard InChI is InChI=1S/C14H10Cl3NO4S/c15-9-5-6-11(17)13(7-9)23(21,22)18(8-14(19)20)12-4-2-1-3-10(12)16/h1-7H,8H2,(H,19,20)/p-1. The Morgan fingerprint density at radius 1 is 1.04 bits per heavy atom. The normalized spacial score (nSPS) is 11.3. The highest BCUT2D eigenvalue weighted by Gasteiger charge is 2.29. The fourth-order valence-corrected chi connectivity index (χ4v) is 4.32. The van der Waals surface area contributed by atoms with Crippen molar-refractivity contribution in [3.05, 3.63) is 57.5 Å². The van der Waals surface area contributed by atoms with E-state index in [1.54, 1.807) is 6.07 Å². The first-order valence-corrected chi connectivity index (χ1v) is 8.73. The molecule has 2 aromatic carbocycles. The van der Waals surface area contributed by atoms with Gasteiger partial charge < -0.3 is 9.90 Å². The molecule has 0 aliphatic carbocycles. The van der Waals surface area contributed by atoms with Crippen LogP contribution < -0.4 is 9.41 Å². The van der Waals surface area contributed by atoms with Crippen molar-refractivity contribution in [3.63, 3.8) is 0 Å². The molecule has 5 nitrogen and oxygen atoms in total. The average molecular weight is 394 g/mol. The minimum atomic E-state index is -4.31. The van der Waals surface area contributed by atoms with Crippen molar-refractivity contribution in [2.45, 2.75) is 4.90 Å². The van der Waals surface area contributed by atoms with Crippen LogP contribution in [0.4, 0.5) is 5.69 Å². The first-order valence-electron chi connectivity index (χ1n) is 6.15. The molecule has 0 fully saturated rings. The lowest BCUT2D eigenvalue weighted by Gasteiger charge is -2.26. The summed E-state index contributed by atoms with van der Waals surface area (Å²) in [5.74, 6) is -1.59. The molecule has 0 aliphatic rings. The molecule has 0 bridgehead atoms. The fourth-order valence-electron chi connectivity index (χ4n) is 1.86. The molecular weight excluding hydrogens is 385 g/mol. The number of aliphatic carboxylic acids is 1. The van der Waals surface area contributed by atoms with Crippen molar-refractivity contribution in [2.24, 2.45) is 0 Å². The Kier molecular flexibility index (Phi) is 5.41. The molecule has 0 radical (unpaired) electrons. The minimum absolute atomic E-state index is 0.00518. The first kappa shape index (κ1) is 17.9. The summed E-state index contributed by atoms with van der Waals surface area (Å²) in [5, 5.41) is 11.1. The van der Waals surface area contributed by atoms with Crippen LogP contribution in [0.25, 0.3) is 0 Å². The van der Waals surface area contributed by atoms with E-state index in [0.717, 1.165) is 6.07 Å². The van der Waals surface area contributed by atoms with E-state index in [1.165, 1.54) is 30.3 Å². The number of halogens is 3. The van der Waals surface area contributed by atoms with Crippen molar-refractivity contribution in [3.8, 4) is 0 Å². The molecule has 0 unspecified atom stereocenters. The van der Waals surface area contributed by atoms with E-state index >= 15 is 0 Å². The Morgan fingerprint density at radius 3 is 2.30 bits per heavy atom. The summed E-state index contributed by atoms with van der Waals surface area (Å²) in [7, 11) is -4.31. The van der Waals surface area contributed by atoms with E-state index in [2.05, 4.69) is 0 Å². The smallest absolute Gasteiger partial charge is 0.266 e. The van der Waals surface area contributed by atoms with E-state index in [4.69, 9.17) is 34.8 Å². The molecule has 0 spiro atoms. The van der Waals surface area contributed by atoms with Gasteiger partial charge in [0.15, 0.2) is 0 Å². The van der Waals surface area contributed by atoms with E-state index in [1.807, 2.05) is 0 Å². The highest BCUT2D eigenvalue weighted by atomic mass is 35.5. The van der Waals surface area contributed by atoms with Crippen molar-refractivity contribution >= 4 is 56.5 Å². The average Bonchev–Trinajstić information content (AvgIpc) is 2.48. The zero-order chi connectivity index (χ0) is 17.2. The number of carboxylic acids is 1. The van der Waals surface area contributed by atoms with Crippen molar-refractivity contribution in [1.29, 1.82) is 0 Å². The summed E-state index contributed by atoms with van der Waals surface area (Å²) in [6, 6.07) is 9.79. The van der Waals surface area contributed by atoms with Gasteiger partial charge in [0.1, 0.15) is 4.90 Å². The summed E-state index contributed by atoms with van der Waals surface area (Å²) in [6.07, 6.45) is 0. The summed E-state index contributed by atoms with van der Waals surface area (Å²) >= 11 is 17.7. The zero-order valence-electron chi connectivity index (χ0n) is 11.4. The summed E-state index contributed by atoms with van der Waals surface area (Å²) < 4.78 is 26.3. The molecule has 0 saturated carbocycles. The van der Waals surface area contributed by atoms with Crippen LogP contribution >= 0.6 is 34.8 Å². The number of para-hydroxylation sites is 1. The fraction of sp³-hybridized carbons (Fsp3) is 0.0714. The van der Waals surface area contributed by atoms with Gasteiger partial charge in [-0.2, -0.15) is 0 Å². The molecule has 0 N–H and O–H groups in total. The van der Waals surface area contributed by atoms with Gasteiger partial charge >= 0.3 is 0 Å². The van der Waals surface area contributed by atoms with Crippen molar-refractivity contribution < 1.29 is 18.3 Å². The quantitative estimate of drug-likeness (QED) is 0.782. The van der Waals surface area contributed by atoms with Gasteiger partial charge in [-0.05, 0) is 30.3 Å². The van der Waals surface area contributed by atoms with Gasteiger partial charge in [0, 0.05) is 5.02 Å². The maximum atomic E-state index is 12.8. The highest BCUT2D eigenvalue weighted by Crippen LogP contribution is 2.33. The predicted molar refractivity (Wildman–Crippen MR) is 87.5 cm³/mol. The zero-order valence-corrected chi connectivity index (χ0v) is 14.5. The maximum absolute atomic E-state index is 12.8. The third kappa shape index (κ3) is 3.90. The topological polar surface area (TPSA) is 77.5 Å². The molecular formula is C14H9Cl3NO4S-. The number of carbonyl (C=O) groups is 1. The second-order valence-corrected chi connectivity index (χ2v) is 7.49. The monoisotopic (exact) mass is 392 g/mol. The van der Waals surface area contributed by atoms with Gasteiger partial charge in [0.25, 0.3) is 10.0 Å². The van der Waals surface area contributed by atoms with Crippen LogP contribution in [-0.2, 0) is 14.8 Å². The number of sulfonamides is 1. The maximum Gasteiger partial charge on any atom is 0.266 e. The molecule has 0 amide bonds. The number of carbonyl (C=O) groups excluding carboxylic acids is 1. The Balaban J connectivity index is 2.65. The molecule has 0 heterocycles. The van der Waals surface area contributed by atoms with Crippen LogP contribution in [0.15, 0.2) is 47.4 Å². The van der Waals surface area contributed by atoms with Gasteiger partial charge in [-0.25, -0.2) is 8.42 Å². The summed E-state index contributed by atoms with van der Waals surface area (Å²) in [4.78, 5) is 10.7. The van der Waals surface area contributed by atoms with Gasteiger partial charge in [-0.1, -0.05) is 46.9 Å². The number of hydrogen-bond donors (Lipinski definition) is 0. The van der Waals surface area contributed by atoms with E-state index in [9.17, 15) is 18.3 Å². The third-order valence-corrected chi connectivity index (χ3v) is 5.65. The molecule has 23 heavy (non-hydrogen) atoms. The Bertz CT molecular complexity index is 855. The van der Waals surface area contributed by atoms with Crippen LogP contribution in [0.2, 0.25) is 15.1 Å². The van der Waals surface area contributed by atoms with Crippen molar-refractivity contribution in [2.75, 3.05) is 10.8 Å². The number of nitrogens with zero attached hydrogens (tertiary/aromatic N) is 1. The lowest BCUT2D eigenvalue weighted by Crippen LogP contribution is -2.41. The molecule has 0 atom stereocenters. The number of hydrogen-bond acceptors (Lipinski definition) is 4. The minimum Gasteiger partial charge on any atom is -0.548 e. The highest BCUT2D eigenvalue weighted by molar-refractivity contribution is 7.93. The SMILES string of the molecule is O=C([O-])CN(c1ccccc1Cl)S(=O)(=O)c1cc(Cl)ccc1Cl. The van der Waals surface area contributed by atoms with Crippen LogP contribution in [-0.4, -0.2) is 20.9 Å². The lowest BCUT2D eigenvalue weighted by molar-refractivity contribution is -0.303. The number of carboxylic acid groups (broad SMARTS) is 1. The van der Waals surface area contributed by atoms with Gasteiger partial charge in [-0.15, -0.1) is 0 Å². The van der Waals surface area contributed by atoms with Gasteiger partial charge in [-0.3, -0.25) is 4.31 Å². The largest absolute Gasteiger partial charge is 0.548 e. The number of anilines is 1. The first-order chi connectivity index (χ1) is 10.7. The van der Waals surface area contributed by atoms with E-state index in [0.29, 0.717) is 4.31 Å². The van der Waals surface area contributed by atoms with Crippen LogP contribution in [0, 0.1) is 0 Å². The Morgan fingerprint density at radius 2 is 1.70 bits per heavy atom. The molecule has 2 rings (SSSR count). The Labute approximate surface area is 148 Å². The summed E-state index contributed by atoms with van der Waals surface area (Å²) in [5.41, 5.74) is -0.00518. The van der Waals surface area contributed by atoms with Crippen LogP contribution in [0.5, 0.6) is 0 Å². The lowest BCUT2D eigenvalue weighted by atomic mass is 10.3. The second kappa shape index (κ2) is 6.97. The van der Waals surface area contributed by atoms with Gasteiger partial charge in [0.05, 0.1) is 28.2 Å². The molecule has 0 saturated heterocycles. The predicted octanol–water partition coefficient (Wildman–Crippen LogP) is 2.59. The van der Waals surface area contributed by atoms with Crippen LogP contribution in [0.1, 0.15) is 0 Å². The molecule has 0 aliphatic heterocycles. The van der Waals surface area contributed by atoms with Crippen molar-refractivity contribution in [1.82, 2.24) is 0 Å². The number of rotatable bonds is 5. The third-order valence-electron chi connectivity index (χ3n) is 2.86. The number of benzene rings is 2. The second-order valence-electron chi connectivity index (χ2n) is 4.41. The molecule has 2 aromatic rings. The Hall–Kier alpha value is -1.47. The molecule has 0 aromatic heterocycles. The van der Waals surface area contributed by atoms with E-state index < -0.39 is 22.5 Å². The van der Waals surface area contributed by atoms with E-state index in [-0.39, 0.29) is 25.7 Å². The summed E-state index contributed by atoms with van der Waals surface area (Å²) in [6.45, 7) is -0.922. The van der Waals surface area contributed by atoms with Gasteiger partial charge in [0.2, 0.25) is 0 Å².